The van der Waals surface area contributed by atoms with Crippen molar-refractivity contribution in [3.8, 4) is 11.1 Å². The fraction of sp³-hybridized carbons (Fsp3) is 0.333. The fourth-order valence-electron chi connectivity index (χ4n) is 3.21. The average Bonchev–Trinajstić information content (AvgIpc) is 2.97. The zero-order chi connectivity index (χ0) is 20.2. The van der Waals surface area contributed by atoms with E-state index in [2.05, 4.69) is 0 Å². The van der Waals surface area contributed by atoms with Crippen LogP contribution in [0.15, 0.2) is 42.0 Å². The Kier molecular flexibility index (Phi) is 4.44. The second-order valence-corrected chi connectivity index (χ2v) is 7.77. The molecule has 6 heteroatoms. The van der Waals surface area contributed by atoms with Gasteiger partial charge in [0, 0.05) is 0 Å². The normalized spacial score (nSPS) is 14.9. The van der Waals surface area contributed by atoms with Crippen molar-refractivity contribution in [3.05, 3.63) is 64.2 Å². The molecule has 0 bridgehead atoms. The van der Waals surface area contributed by atoms with E-state index in [4.69, 9.17) is 0 Å². The maximum absolute atomic E-state index is 13.2. The second kappa shape index (κ2) is 6.14. The Labute approximate surface area is 153 Å². The highest BCUT2D eigenvalue weighted by atomic mass is 19.4. The molecule has 0 saturated heterocycles. The fourth-order valence-corrected chi connectivity index (χ4v) is 3.21. The molecule has 0 unspecified atom stereocenters. The van der Waals surface area contributed by atoms with Gasteiger partial charge in [-0.25, -0.2) is 0 Å². The zero-order valence-electron chi connectivity index (χ0n) is 15.0. The first-order valence-corrected chi connectivity index (χ1v) is 8.39. The number of alkyl halides is 6. The SMILES string of the molecule is CC(C)(C)C1=Cc2c(cccc2-c2cc(C(F)(F)F)cc(C(F)(F)F)c2)C1. The Morgan fingerprint density at radius 3 is 1.81 bits per heavy atom. The first-order valence-electron chi connectivity index (χ1n) is 8.39. The first kappa shape index (κ1) is 19.5. The predicted octanol–water partition coefficient (Wildman–Crippen LogP) is 7.38. The van der Waals surface area contributed by atoms with Crippen molar-refractivity contribution in [2.75, 3.05) is 0 Å². The third kappa shape index (κ3) is 3.89. The molecule has 27 heavy (non-hydrogen) atoms. The van der Waals surface area contributed by atoms with Gasteiger partial charge >= 0.3 is 12.4 Å². The Hall–Kier alpha value is -2.24. The van der Waals surface area contributed by atoms with Crippen molar-refractivity contribution in [1.29, 1.82) is 0 Å². The lowest BCUT2D eigenvalue weighted by Crippen LogP contribution is -2.11. The lowest BCUT2D eigenvalue weighted by Gasteiger charge is -2.19. The van der Waals surface area contributed by atoms with E-state index in [9.17, 15) is 26.3 Å². The van der Waals surface area contributed by atoms with Crippen LogP contribution in [0.4, 0.5) is 26.3 Å². The molecule has 0 nitrogen and oxygen atoms in total. The number of halogens is 6. The summed E-state index contributed by atoms with van der Waals surface area (Å²) in [5.41, 5.74) is 0.238. The number of benzene rings is 2. The molecule has 0 radical (unpaired) electrons. The van der Waals surface area contributed by atoms with Gasteiger partial charge < -0.3 is 0 Å². The zero-order valence-corrected chi connectivity index (χ0v) is 15.0. The maximum atomic E-state index is 13.2. The quantitative estimate of drug-likeness (QED) is 0.450. The Balaban J connectivity index is 2.22. The van der Waals surface area contributed by atoms with Crippen LogP contribution >= 0.6 is 0 Å². The summed E-state index contributed by atoms with van der Waals surface area (Å²) in [5.74, 6) is 0. The third-order valence-electron chi connectivity index (χ3n) is 4.76. The van der Waals surface area contributed by atoms with Crippen LogP contribution in [0.1, 0.15) is 43.0 Å². The Morgan fingerprint density at radius 1 is 0.778 bits per heavy atom. The summed E-state index contributed by atoms with van der Waals surface area (Å²) in [6.45, 7) is 6.07. The van der Waals surface area contributed by atoms with Gasteiger partial charge in [-0.05, 0) is 52.3 Å². The molecule has 3 rings (SSSR count). The summed E-state index contributed by atoms with van der Waals surface area (Å²) in [6, 6.07) is 6.81. The lowest BCUT2D eigenvalue weighted by atomic mass is 9.85. The van der Waals surface area contributed by atoms with Gasteiger partial charge in [-0.2, -0.15) is 26.3 Å². The lowest BCUT2D eigenvalue weighted by molar-refractivity contribution is -0.143. The van der Waals surface area contributed by atoms with Gasteiger partial charge in [0.25, 0.3) is 0 Å². The highest BCUT2D eigenvalue weighted by Gasteiger charge is 2.37. The van der Waals surface area contributed by atoms with Crippen LogP contribution in [-0.4, -0.2) is 0 Å². The summed E-state index contributed by atoms with van der Waals surface area (Å²) < 4.78 is 79.0. The molecular formula is C21H18F6. The molecule has 0 aromatic heterocycles. The highest BCUT2D eigenvalue weighted by molar-refractivity contribution is 5.81. The van der Waals surface area contributed by atoms with E-state index < -0.39 is 23.5 Å². The second-order valence-electron chi connectivity index (χ2n) is 7.77. The molecule has 0 fully saturated rings. The largest absolute Gasteiger partial charge is 0.416 e. The van der Waals surface area contributed by atoms with Gasteiger partial charge in [0.2, 0.25) is 0 Å². The van der Waals surface area contributed by atoms with Crippen LogP contribution in [0, 0.1) is 5.41 Å². The minimum absolute atomic E-state index is 0.0830. The summed E-state index contributed by atoms with van der Waals surface area (Å²) in [6.07, 6.45) is -7.20. The minimum atomic E-state index is -4.86. The van der Waals surface area contributed by atoms with Gasteiger partial charge in [0.1, 0.15) is 0 Å². The van der Waals surface area contributed by atoms with Crippen LogP contribution in [0.25, 0.3) is 17.2 Å². The summed E-state index contributed by atoms with van der Waals surface area (Å²) in [4.78, 5) is 0. The van der Waals surface area contributed by atoms with Crippen LogP contribution in [0.5, 0.6) is 0 Å². The Bertz CT molecular complexity index is 875. The van der Waals surface area contributed by atoms with Crippen molar-refractivity contribution in [2.24, 2.45) is 5.41 Å². The predicted molar refractivity (Wildman–Crippen MR) is 93.0 cm³/mol. The monoisotopic (exact) mass is 384 g/mol. The molecule has 0 aliphatic heterocycles. The van der Waals surface area contributed by atoms with Crippen LogP contribution in [-0.2, 0) is 18.8 Å². The van der Waals surface area contributed by atoms with Crippen LogP contribution in [0.3, 0.4) is 0 Å². The van der Waals surface area contributed by atoms with Gasteiger partial charge in [-0.15, -0.1) is 0 Å². The minimum Gasteiger partial charge on any atom is -0.166 e. The average molecular weight is 384 g/mol. The number of fused-ring (bicyclic) bond motifs is 1. The van der Waals surface area contributed by atoms with Crippen LogP contribution in [0.2, 0.25) is 0 Å². The molecule has 1 aliphatic carbocycles. The van der Waals surface area contributed by atoms with E-state index in [1.807, 2.05) is 32.9 Å². The maximum Gasteiger partial charge on any atom is 0.416 e. The molecule has 0 saturated carbocycles. The first-order chi connectivity index (χ1) is 12.3. The van der Waals surface area contributed by atoms with E-state index >= 15 is 0 Å². The van der Waals surface area contributed by atoms with Crippen molar-refractivity contribution in [2.45, 2.75) is 39.5 Å². The molecule has 0 amide bonds. The summed E-state index contributed by atoms with van der Waals surface area (Å²) >= 11 is 0. The summed E-state index contributed by atoms with van der Waals surface area (Å²) in [7, 11) is 0. The molecule has 1 aliphatic rings. The molecule has 2 aromatic rings. The van der Waals surface area contributed by atoms with E-state index in [0.29, 0.717) is 17.5 Å². The highest BCUT2D eigenvalue weighted by Crippen LogP contribution is 2.43. The number of allylic oxidation sites excluding steroid dienone is 1. The Morgan fingerprint density at radius 2 is 1.33 bits per heavy atom. The molecule has 0 atom stereocenters. The van der Waals surface area contributed by atoms with Gasteiger partial charge in [0.05, 0.1) is 11.1 Å². The van der Waals surface area contributed by atoms with Crippen molar-refractivity contribution in [1.82, 2.24) is 0 Å². The van der Waals surface area contributed by atoms with Crippen LogP contribution < -0.4 is 0 Å². The van der Waals surface area contributed by atoms with E-state index in [-0.39, 0.29) is 17.0 Å². The van der Waals surface area contributed by atoms with Gasteiger partial charge in [-0.3, -0.25) is 0 Å². The third-order valence-corrected chi connectivity index (χ3v) is 4.76. The molecule has 2 aromatic carbocycles. The van der Waals surface area contributed by atoms with Gasteiger partial charge in [0.15, 0.2) is 0 Å². The van der Waals surface area contributed by atoms with E-state index in [1.165, 1.54) is 0 Å². The van der Waals surface area contributed by atoms with Crippen molar-refractivity contribution < 1.29 is 26.3 Å². The standard InChI is InChI=1S/C21H18F6/c1-19(2,3)14-7-12-5-4-6-17(18(12)11-14)13-8-15(20(22,23)24)10-16(9-13)21(25,26)27/h4-6,8-11H,7H2,1-3H3. The van der Waals surface area contributed by atoms with E-state index in [1.54, 1.807) is 12.1 Å². The number of hydrogen-bond donors (Lipinski definition) is 0. The summed E-state index contributed by atoms with van der Waals surface area (Å²) in [5, 5.41) is 0. The molecule has 0 N–H and O–H groups in total. The number of rotatable bonds is 1. The van der Waals surface area contributed by atoms with Crippen molar-refractivity contribution >= 4 is 6.08 Å². The molecule has 0 spiro atoms. The number of hydrogen-bond acceptors (Lipinski definition) is 0. The topological polar surface area (TPSA) is 0 Å². The molecule has 0 heterocycles. The smallest absolute Gasteiger partial charge is 0.166 e. The van der Waals surface area contributed by atoms with Gasteiger partial charge in [-0.1, -0.05) is 50.6 Å². The van der Waals surface area contributed by atoms with E-state index in [0.717, 1.165) is 23.3 Å². The molecule has 144 valence electrons. The van der Waals surface area contributed by atoms with Crippen molar-refractivity contribution in [3.63, 3.8) is 0 Å². The molecular weight excluding hydrogens is 366 g/mol.